The monoisotopic (exact) mass is 486 g/mol. The maximum atomic E-state index is 13.0. The Morgan fingerprint density at radius 3 is 2.82 bits per heavy atom. The van der Waals surface area contributed by atoms with E-state index in [0.717, 1.165) is 35.6 Å². The van der Waals surface area contributed by atoms with Crippen LogP contribution in [0.4, 0.5) is 11.4 Å². The molecule has 2 aliphatic rings. The smallest absolute Gasteiger partial charge is 0.253 e. The zero-order valence-electron chi connectivity index (χ0n) is 17.8. The Labute approximate surface area is 200 Å². The van der Waals surface area contributed by atoms with Gasteiger partial charge in [-0.15, -0.1) is 11.3 Å². The quantitative estimate of drug-likeness (QED) is 0.566. The van der Waals surface area contributed by atoms with Crippen LogP contribution in [0.1, 0.15) is 18.5 Å². The molecule has 0 bridgehead atoms. The average Bonchev–Trinajstić information content (AvgIpc) is 3.56. The highest BCUT2D eigenvalue weighted by atomic mass is 35.5. The van der Waals surface area contributed by atoms with Gasteiger partial charge < -0.3 is 19.5 Å². The van der Waals surface area contributed by atoms with Gasteiger partial charge in [0, 0.05) is 30.5 Å². The number of likely N-dealkylation sites (tertiary alicyclic amines) is 1. The molecule has 10 heteroatoms. The van der Waals surface area contributed by atoms with Crippen LogP contribution in [0.25, 0.3) is 10.6 Å². The van der Waals surface area contributed by atoms with Crippen LogP contribution >= 0.6 is 22.9 Å². The van der Waals surface area contributed by atoms with Crippen LogP contribution in [0, 0.1) is 0 Å². The van der Waals surface area contributed by atoms with Crippen molar-refractivity contribution in [3.8, 4) is 10.6 Å². The molecule has 1 atom stereocenters. The minimum atomic E-state index is -0.234. The van der Waals surface area contributed by atoms with Crippen LogP contribution in [0.5, 0.6) is 0 Å². The largest absolute Gasteiger partial charge is 0.370 e. The maximum absolute atomic E-state index is 13.0. The van der Waals surface area contributed by atoms with Crippen molar-refractivity contribution in [2.24, 2.45) is 0 Å². The fraction of sp³-hybridized carbons (Fsp3) is 0.348. The van der Waals surface area contributed by atoms with Crippen LogP contribution < -0.4 is 10.2 Å². The second-order valence-corrected chi connectivity index (χ2v) is 9.76. The number of ether oxygens (including phenoxy) is 1. The van der Waals surface area contributed by atoms with E-state index in [1.54, 1.807) is 4.90 Å². The Balaban J connectivity index is 1.20. The molecule has 2 amide bonds. The summed E-state index contributed by atoms with van der Waals surface area (Å²) in [7, 11) is 0. The molecule has 8 nitrogen and oxygen atoms in total. The molecule has 0 spiro atoms. The normalized spacial score (nSPS) is 19.2. The Morgan fingerprint density at radius 1 is 1.21 bits per heavy atom. The number of nitrogens with one attached hydrogen (secondary N) is 1. The molecule has 5 rings (SSSR count). The minimum absolute atomic E-state index is 0.0449. The van der Waals surface area contributed by atoms with Gasteiger partial charge >= 0.3 is 0 Å². The van der Waals surface area contributed by atoms with Crippen molar-refractivity contribution in [3.63, 3.8) is 0 Å². The number of hydrogen-bond acceptors (Lipinski definition) is 7. The first-order valence-electron chi connectivity index (χ1n) is 10.8. The molecule has 1 unspecified atom stereocenters. The molecule has 4 heterocycles. The van der Waals surface area contributed by atoms with Gasteiger partial charge in [0.05, 0.1) is 27.6 Å². The number of anilines is 2. The van der Waals surface area contributed by atoms with E-state index >= 15 is 0 Å². The number of morpholine rings is 1. The van der Waals surface area contributed by atoms with Gasteiger partial charge in [-0.3, -0.25) is 14.5 Å². The molecule has 1 N–H and O–H groups in total. The lowest BCUT2D eigenvalue weighted by Gasteiger charge is -2.27. The van der Waals surface area contributed by atoms with Gasteiger partial charge in [0.25, 0.3) is 5.91 Å². The van der Waals surface area contributed by atoms with Gasteiger partial charge in [-0.05, 0) is 55.8 Å². The van der Waals surface area contributed by atoms with E-state index in [1.165, 1.54) is 11.3 Å². The van der Waals surface area contributed by atoms with Gasteiger partial charge in [-0.25, -0.2) is 0 Å². The number of amides is 2. The van der Waals surface area contributed by atoms with E-state index in [2.05, 4.69) is 15.4 Å². The predicted molar refractivity (Wildman–Crippen MR) is 127 cm³/mol. The first kappa shape index (κ1) is 22.1. The number of nitrogens with zero attached hydrogens (tertiary/aromatic N) is 3. The fourth-order valence-electron chi connectivity index (χ4n) is 4.21. The lowest BCUT2D eigenvalue weighted by Crippen LogP contribution is -2.41. The molecule has 2 fully saturated rings. The molecule has 1 aromatic carbocycles. The van der Waals surface area contributed by atoms with Crippen LogP contribution in [-0.2, 0) is 20.9 Å². The summed E-state index contributed by atoms with van der Waals surface area (Å²) in [4.78, 5) is 29.8. The highest BCUT2D eigenvalue weighted by molar-refractivity contribution is 7.19. The molecule has 172 valence electrons. The summed E-state index contributed by atoms with van der Waals surface area (Å²) in [5.41, 5.74) is 2.29. The fourth-order valence-corrected chi connectivity index (χ4v) is 5.20. The first-order chi connectivity index (χ1) is 16.1. The summed E-state index contributed by atoms with van der Waals surface area (Å²) < 4.78 is 11.3. The molecule has 2 aliphatic heterocycles. The summed E-state index contributed by atoms with van der Waals surface area (Å²) >= 11 is 7.45. The van der Waals surface area contributed by atoms with Crippen molar-refractivity contribution < 1.29 is 18.8 Å². The van der Waals surface area contributed by atoms with Crippen LogP contribution in [0.3, 0.4) is 0 Å². The molecule has 0 aliphatic carbocycles. The van der Waals surface area contributed by atoms with Crippen molar-refractivity contribution in [1.82, 2.24) is 10.1 Å². The summed E-state index contributed by atoms with van der Waals surface area (Å²) in [6, 6.07) is 12.7. The van der Waals surface area contributed by atoms with Crippen molar-refractivity contribution in [2.75, 3.05) is 36.5 Å². The Kier molecular flexibility index (Phi) is 6.45. The van der Waals surface area contributed by atoms with Crippen molar-refractivity contribution in [2.45, 2.75) is 25.4 Å². The van der Waals surface area contributed by atoms with Gasteiger partial charge in [-0.1, -0.05) is 16.8 Å². The SMILES string of the molecule is O=C(Nc1ccc(N2CCOCC2=O)cc1)C1CCCN1Cc1cc(-c2ccc(Cl)s2)on1. The van der Waals surface area contributed by atoms with E-state index in [9.17, 15) is 9.59 Å². The highest BCUT2D eigenvalue weighted by Gasteiger charge is 2.31. The number of halogens is 1. The molecule has 3 aromatic rings. The summed E-state index contributed by atoms with van der Waals surface area (Å²) in [5, 5.41) is 7.19. The van der Waals surface area contributed by atoms with E-state index < -0.39 is 0 Å². The van der Waals surface area contributed by atoms with E-state index in [-0.39, 0.29) is 24.5 Å². The molecule has 2 saturated heterocycles. The lowest BCUT2D eigenvalue weighted by molar-refractivity contribution is -0.125. The van der Waals surface area contributed by atoms with Gasteiger partial charge in [0.1, 0.15) is 6.61 Å². The van der Waals surface area contributed by atoms with E-state index in [1.807, 2.05) is 42.5 Å². The second-order valence-electron chi connectivity index (χ2n) is 8.05. The van der Waals surface area contributed by atoms with Gasteiger partial charge in [0.2, 0.25) is 5.91 Å². The van der Waals surface area contributed by atoms with Crippen molar-refractivity contribution >= 4 is 46.1 Å². The topological polar surface area (TPSA) is 87.9 Å². The number of hydrogen-bond donors (Lipinski definition) is 1. The number of carbonyl (C=O) groups excluding carboxylic acids is 2. The van der Waals surface area contributed by atoms with Crippen LogP contribution in [-0.4, -0.2) is 54.2 Å². The zero-order chi connectivity index (χ0) is 22.8. The Hall–Kier alpha value is -2.72. The number of thiophene rings is 1. The highest BCUT2D eigenvalue weighted by Crippen LogP contribution is 2.32. The zero-order valence-corrected chi connectivity index (χ0v) is 19.4. The minimum Gasteiger partial charge on any atom is -0.370 e. The number of benzene rings is 1. The molecular formula is C23H23ClN4O4S. The molecule has 0 radical (unpaired) electrons. The third-order valence-electron chi connectivity index (χ3n) is 5.84. The third kappa shape index (κ3) is 4.96. The van der Waals surface area contributed by atoms with Gasteiger partial charge in [0.15, 0.2) is 5.76 Å². The maximum Gasteiger partial charge on any atom is 0.253 e. The molecular weight excluding hydrogens is 464 g/mol. The number of rotatable bonds is 6. The first-order valence-corrected chi connectivity index (χ1v) is 12.0. The second kappa shape index (κ2) is 9.64. The molecule has 2 aromatic heterocycles. The van der Waals surface area contributed by atoms with E-state index in [0.29, 0.717) is 35.5 Å². The summed E-state index contributed by atoms with van der Waals surface area (Å²) in [6.07, 6.45) is 1.73. The number of aromatic nitrogens is 1. The van der Waals surface area contributed by atoms with Crippen LogP contribution in [0.15, 0.2) is 47.0 Å². The summed E-state index contributed by atoms with van der Waals surface area (Å²) in [6.45, 7) is 2.52. The summed E-state index contributed by atoms with van der Waals surface area (Å²) in [5.74, 6) is 0.579. The lowest BCUT2D eigenvalue weighted by atomic mass is 10.2. The molecule has 33 heavy (non-hydrogen) atoms. The predicted octanol–water partition coefficient (Wildman–Crippen LogP) is 4.02. The Morgan fingerprint density at radius 2 is 2.06 bits per heavy atom. The number of carbonyl (C=O) groups is 2. The van der Waals surface area contributed by atoms with Crippen LogP contribution in [0.2, 0.25) is 4.34 Å². The van der Waals surface area contributed by atoms with Crippen molar-refractivity contribution in [1.29, 1.82) is 0 Å². The van der Waals surface area contributed by atoms with E-state index in [4.69, 9.17) is 20.9 Å². The van der Waals surface area contributed by atoms with Crippen molar-refractivity contribution in [3.05, 3.63) is 52.5 Å². The average molecular weight is 487 g/mol. The standard InChI is InChI=1S/C23H23ClN4O4S/c24-21-8-7-20(33-21)19-12-16(26-32-19)13-27-9-1-2-18(27)23(30)25-15-3-5-17(6-4-15)28-10-11-31-14-22(28)29/h3-8,12,18H,1-2,9-11,13-14H2,(H,25,30). The van der Waals surface area contributed by atoms with Gasteiger partial charge in [-0.2, -0.15) is 0 Å². The molecule has 0 saturated carbocycles. The Bertz CT molecular complexity index is 1150. The third-order valence-corrected chi connectivity index (χ3v) is 7.08.